The minimum absolute atomic E-state index is 0.205. The van der Waals surface area contributed by atoms with Crippen LogP contribution >= 0.6 is 24.0 Å². The average molecular weight is 329 g/mol. The fourth-order valence-corrected chi connectivity index (χ4v) is 2.26. The fraction of sp³-hybridized carbons (Fsp3) is 0.500. The predicted octanol–water partition coefficient (Wildman–Crippen LogP) is 0.327. The number of thiocarbonyl (C=S) groups is 1. The van der Waals surface area contributed by atoms with Gasteiger partial charge in [-0.1, -0.05) is 11.8 Å². The summed E-state index contributed by atoms with van der Waals surface area (Å²) in [5.41, 5.74) is 6.87. The normalized spacial score (nSPS) is 10.0. The van der Waals surface area contributed by atoms with Crippen molar-refractivity contribution >= 4 is 35.0 Å². The number of hydrazine groups is 1. The van der Waals surface area contributed by atoms with Crippen molar-refractivity contribution in [2.24, 2.45) is 0 Å². The summed E-state index contributed by atoms with van der Waals surface area (Å²) in [7, 11) is 1.60. The molecule has 0 radical (unpaired) electrons. The molecule has 7 nitrogen and oxygen atoms in total. The van der Waals surface area contributed by atoms with Crippen molar-refractivity contribution in [1.29, 1.82) is 0 Å². The van der Waals surface area contributed by atoms with Crippen molar-refractivity contribution in [3.05, 3.63) is 17.5 Å². The molecule has 1 aromatic rings. The lowest BCUT2D eigenvalue weighted by atomic mass is 10.4. The van der Waals surface area contributed by atoms with Crippen LogP contribution in [0.2, 0.25) is 0 Å². The first kappa shape index (κ1) is 17.6. The molecule has 0 aliphatic carbocycles. The van der Waals surface area contributed by atoms with Crippen LogP contribution in [0, 0.1) is 13.8 Å². The molecule has 0 atom stereocenters. The third-order valence-corrected chi connectivity index (χ3v) is 3.30. The van der Waals surface area contributed by atoms with Gasteiger partial charge in [0.1, 0.15) is 0 Å². The Kier molecular flexibility index (Phi) is 7.95. The van der Waals surface area contributed by atoms with Crippen molar-refractivity contribution in [1.82, 2.24) is 26.1 Å². The Morgan fingerprint density at radius 3 is 2.62 bits per heavy atom. The van der Waals surface area contributed by atoms with Crippen molar-refractivity contribution in [2.75, 3.05) is 26.0 Å². The molecule has 0 aliphatic rings. The van der Waals surface area contributed by atoms with Crippen LogP contribution in [-0.2, 0) is 9.53 Å². The smallest absolute Gasteiger partial charge is 0.248 e. The van der Waals surface area contributed by atoms with Crippen LogP contribution in [0.25, 0.3) is 0 Å². The van der Waals surface area contributed by atoms with Gasteiger partial charge < -0.3 is 10.1 Å². The minimum Gasteiger partial charge on any atom is -0.383 e. The molecular weight excluding hydrogens is 310 g/mol. The van der Waals surface area contributed by atoms with Crippen LogP contribution in [0.4, 0.5) is 0 Å². The first-order valence-corrected chi connectivity index (χ1v) is 7.67. The van der Waals surface area contributed by atoms with Crippen molar-refractivity contribution in [2.45, 2.75) is 19.0 Å². The van der Waals surface area contributed by atoms with Crippen LogP contribution in [0.1, 0.15) is 11.4 Å². The Labute approximate surface area is 133 Å². The number of nitrogens with one attached hydrogen (secondary N) is 3. The number of aromatic nitrogens is 2. The molecule has 9 heteroatoms. The Balaban J connectivity index is 2.26. The molecule has 0 spiro atoms. The second kappa shape index (κ2) is 9.48. The van der Waals surface area contributed by atoms with Crippen molar-refractivity contribution in [3.63, 3.8) is 0 Å². The Hall–Kier alpha value is -1.45. The molecule has 1 rings (SSSR count). The highest BCUT2D eigenvalue weighted by atomic mass is 32.2. The van der Waals surface area contributed by atoms with E-state index in [0.29, 0.717) is 23.4 Å². The summed E-state index contributed by atoms with van der Waals surface area (Å²) in [5.74, 6) is -0.00464. The second-order valence-electron chi connectivity index (χ2n) is 4.14. The number of aryl methyl sites for hydroxylation is 2. The van der Waals surface area contributed by atoms with Gasteiger partial charge in [0, 0.05) is 25.0 Å². The van der Waals surface area contributed by atoms with Crippen molar-refractivity contribution in [3.8, 4) is 0 Å². The van der Waals surface area contributed by atoms with E-state index in [0.717, 1.165) is 11.4 Å². The lowest BCUT2D eigenvalue weighted by Gasteiger charge is -2.10. The largest absolute Gasteiger partial charge is 0.383 e. The Morgan fingerprint density at radius 2 is 2.00 bits per heavy atom. The lowest BCUT2D eigenvalue weighted by molar-refractivity contribution is -0.119. The minimum atomic E-state index is -0.210. The maximum atomic E-state index is 11.7. The number of ether oxygens (including phenoxy) is 1. The van der Waals surface area contributed by atoms with Crippen LogP contribution in [0.15, 0.2) is 11.2 Å². The van der Waals surface area contributed by atoms with Gasteiger partial charge in [-0.3, -0.25) is 15.6 Å². The SMILES string of the molecule is COCCNC(=S)NNC(=O)CSc1nc(C)cc(C)n1. The van der Waals surface area contributed by atoms with E-state index in [1.165, 1.54) is 11.8 Å². The summed E-state index contributed by atoms with van der Waals surface area (Å²) in [6.45, 7) is 4.90. The summed E-state index contributed by atoms with van der Waals surface area (Å²) in [6.07, 6.45) is 0. The first-order chi connectivity index (χ1) is 10.0. The van der Waals surface area contributed by atoms with E-state index in [-0.39, 0.29) is 11.7 Å². The van der Waals surface area contributed by atoms with E-state index in [1.807, 2.05) is 19.9 Å². The van der Waals surface area contributed by atoms with E-state index in [2.05, 4.69) is 26.1 Å². The van der Waals surface area contributed by atoms with Crippen molar-refractivity contribution < 1.29 is 9.53 Å². The zero-order valence-corrected chi connectivity index (χ0v) is 13.9. The summed E-state index contributed by atoms with van der Waals surface area (Å²) in [4.78, 5) is 20.2. The van der Waals surface area contributed by atoms with E-state index >= 15 is 0 Å². The molecule has 116 valence electrons. The van der Waals surface area contributed by atoms with Gasteiger partial charge in [-0.2, -0.15) is 0 Å². The number of hydrogen-bond acceptors (Lipinski definition) is 6. The molecule has 0 aliphatic heterocycles. The number of rotatable bonds is 6. The van der Waals surface area contributed by atoms with E-state index < -0.39 is 0 Å². The number of hydrogen-bond donors (Lipinski definition) is 3. The van der Waals surface area contributed by atoms with Crippen LogP contribution in [0.3, 0.4) is 0 Å². The highest BCUT2D eigenvalue weighted by Crippen LogP contribution is 2.13. The zero-order chi connectivity index (χ0) is 15.7. The summed E-state index contributed by atoms with van der Waals surface area (Å²) in [5, 5.41) is 3.80. The van der Waals surface area contributed by atoms with Crippen LogP contribution < -0.4 is 16.2 Å². The number of thioether (sulfide) groups is 1. The van der Waals surface area contributed by atoms with Gasteiger partial charge in [-0.25, -0.2) is 9.97 Å². The van der Waals surface area contributed by atoms with Gasteiger partial charge >= 0.3 is 0 Å². The first-order valence-electron chi connectivity index (χ1n) is 6.28. The Morgan fingerprint density at radius 1 is 1.33 bits per heavy atom. The van der Waals surface area contributed by atoms with Crippen LogP contribution in [-0.4, -0.2) is 47.0 Å². The second-order valence-corrected chi connectivity index (χ2v) is 5.49. The van der Waals surface area contributed by atoms with Gasteiger partial charge in [0.2, 0.25) is 5.91 Å². The molecule has 1 amide bonds. The number of methoxy groups -OCH3 is 1. The molecule has 21 heavy (non-hydrogen) atoms. The standard InChI is InChI=1S/C12H19N5O2S2/c1-8-6-9(2)15-12(14-8)21-7-10(18)16-17-11(20)13-4-5-19-3/h6H,4-5,7H2,1-3H3,(H,16,18)(H2,13,17,20). The molecule has 0 saturated heterocycles. The quantitative estimate of drug-likeness (QED) is 0.226. The lowest BCUT2D eigenvalue weighted by Crippen LogP contribution is -2.48. The van der Waals surface area contributed by atoms with Gasteiger partial charge in [0.15, 0.2) is 10.3 Å². The van der Waals surface area contributed by atoms with Gasteiger partial charge in [-0.15, -0.1) is 0 Å². The molecule has 0 fully saturated rings. The molecule has 1 heterocycles. The molecule has 3 N–H and O–H groups in total. The predicted molar refractivity (Wildman–Crippen MR) is 86.0 cm³/mol. The third kappa shape index (κ3) is 7.78. The summed E-state index contributed by atoms with van der Waals surface area (Å²) >= 11 is 6.25. The molecule has 0 aromatic carbocycles. The third-order valence-electron chi connectivity index (χ3n) is 2.20. The van der Waals surface area contributed by atoms with Gasteiger partial charge in [-0.05, 0) is 32.1 Å². The molecular formula is C12H19N5O2S2. The average Bonchev–Trinajstić information content (AvgIpc) is 2.42. The van der Waals surface area contributed by atoms with E-state index in [9.17, 15) is 4.79 Å². The summed E-state index contributed by atoms with van der Waals surface area (Å²) in [6, 6.07) is 1.88. The number of amides is 1. The topological polar surface area (TPSA) is 88.2 Å². The van der Waals surface area contributed by atoms with Crippen LogP contribution in [0.5, 0.6) is 0 Å². The molecule has 1 aromatic heterocycles. The fourth-order valence-electron chi connectivity index (χ4n) is 1.36. The van der Waals surface area contributed by atoms with E-state index in [4.69, 9.17) is 17.0 Å². The van der Waals surface area contributed by atoms with E-state index in [1.54, 1.807) is 7.11 Å². The number of carbonyl (C=O) groups is 1. The highest BCUT2D eigenvalue weighted by Gasteiger charge is 2.06. The molecule has 0 bridgehead atoms. The number of carbonyl (C=O) groups excluding carboxylic acids is 1. The molecule has 0 unspecified atom stereocenters. The maximum absolute atomic E-state index is 11.7. The van der Waals surface area contributed by atoms with Gasteiger partial charge in [0.05, 0.1) is 12.4 Å². The van der Waals surface area contributed by atoms with Gasteiger partial charge in [0.25, 0.3) is 0 Å². The maximum Gasteiger partial charge on any atom is 0.248 e. The zero-order valence-electron chi connectivity index (χ0n) is 12.2. The molecule has 0 saturated carbocycles. The number of nitrogens with zero attached hydrogens (tertiary/aromatic N) is 2. The monoisotopic (exact) mass is 329 g/mol. The summed E-state index contributed by atoms with van der Waals surface area (Å²) < 4.78 is 4.87. The Bertz CT molecular complexity index is 478. The highest BCUT2D eigenvalue weighted by molar-refractivity contribution is 7.99.